The van der Waals surface area contributed by atoms with Crippen molar-refractivity contribution in [1.29, 1.82) is 0 Å². The van der Waals surface area contributed by atoms with Crippen LogP contribution in [-0.4, -0.2) is 25.2 Å². The summed E-state index contributed by atoms with van der Waals surface area (Å²) in [6.45, 7) is 7.48. The minimum absolute atomic E-state index is 0.168. The third-order valence-electron chi connectivity index (χ3n) is 4.08. The van der Waals surface area contributed by atoms with Crippen LogP contribution in [0, 0.1) is 5.82 Å². The Morgan fingerprint density at radius 1 is 1.28 bits per heavy atom. The molecule has 1 heterocycles. The highest BCUT2D eigenvalue weighted by atomic mass is 19.1. The highest BCUT2D eigenvalue weighted by Crippen LogP contribution is 2.26. The van der Waals surface area contributed by atoms with Crippen LogP contribution in [0.3, 0.4) is 0 Å². The summed E-state index contributed by atoms with van der Waals surface area (Å²) in [5, 5.41) is 3.65. The zero-order valence-electron chi connectivity index (χ0n) is 11.4. The second kappa shape index (κ2) is 5.70. The minimum atomic E-state index is -0.168. The van der Waals surface area contributed by atoms with Gasteiger partial charge in [0, 0.05) is 24.3 Å². The Bertz CT molecular complexity index is 369. The van der Waals surface area contributed by atoms with E-state index < -0.39 is 0 Å². The zero-order valence-corrected chi connectivity index (χ0v) is 11.4. The summed E-state index contributed by atoms with van der Waals surface area (Å²) < 4.78 is 13.0. The number of benzene rings is 1. The first kappa shape index (κ1) is 13.3. The molecule has 0 spiro atoms. The van der Waals surface area contributed by atoms with Gasteiger partial charge in [-0.2, -0.15) is 0 Å². The second-order valence-corrected chi connectivity index (χ2v) is 5.15. The molecule has 100 valence electrons. The van der Waals surface area contributed by atoms with Crippen molar-refractivity contribution in [3.63, 3.8) is 0 Å². The predicted molar refractivity (Wildman–Crippen MR) is 74.5 cm³/mol. The molecule has 1 aliphatic rings. The maximum absolute atomic E-state index is 13.0. The fourth-order valence-electron chi connectivity index (χ4n) is 2.82. The maximum atomic E-state index is 13.0. The van der Waals surface area contributed by atoms with E-state index in [2.05, 4.69) is 24.1 Å². The molecule has 3 heteroatoms. The minimum Gasteiger partial charge on any atom is -0.370 e. The Hall–Kier alpha value is -1.09. The highest BCUT2D eigenvalue weighted by molar-refractivity contribution is 5.46. The Morgan fingerprint density at radius 2 is 2.00 bits per heavy atom. The van der Waals surface area contributed by atoms with Crippen molar-refractivity contribution in [1.82, 2.24) is 5.32 Å². The standard InChI is InChI=1S/C15H23FN2/c1-3-15(10-5-11-17-15)12-18(4-2)14-8-6-13(16)7-9-14/h6-9,17H,3-5,10-12H2,1-2H3. The summed E-state index contributed by atoms with van der Waals surface area (Å²) in [7, 11) is 0. The normalized spacial score (nSPS) is 23.3. The van der Waals surface area contributed by atoms with Crippen LogP contribution in [0.5, 0.6) is 0 Å². The van der Waals surface area contributed by atoms with Crippen molar-refractivity contribution in [3.8, 4) is 0 Å². The van der Waals surface area contributed by atoms with Gasteiger partial charge in [0.05, 0.1) is 0 Å². The van der Waals surface area contributed by atoms with Gasteiger partial charge >= 0.3 is 0 Å². The van der Waals surface area contributed by atoms with Crippen molar-refractivity contribution >= 4 is 5.69 Å². The number of nitrogens with one attached hydrogen (secondary N) is 1. The molecule has 2 nitrogen and oxygen atoms in total. The van der Waals surface area contributed by atoms with Crippen molar-refractivity contribution in [2.45, 2.75) is 38.6 Å². The molecule has 1 N–H and O–H groups in total. The van der Waals surface area contributed by atoms with Gasteiger partial charge in [-0.15, -0.1) is 0 Å². The summed E-state index contributed by atoms with van der Waals surface area (Å²) in [6, 6.07) is 6.83. The quantitative estimate of drug-likeness (QED) is 0.863. The molecule has 0 bridgehead atoms. The summed E-state index contributed by atoms with van der Waals surface area (Å²) in [4.78, 5) is 2.33. The molecule has 2 rings (SSSR count). The molecule has 1 aliphatic heterocycles. The summed E-state index contributed by atoms with van der Waals surface area (Å²) >= 11 is 0. The van der Waals surface area contributed by atoms with Gasteiger partial charge < -0.3 is 10.2 Å². The molecular formula is C15H23FN2. The number of nitrogens with zero attached hydrogens (tertiary/aromatic N) is 1. The van der Waals surface area contributed by atoms with E-state index in [1.54, 1.807) is 12.1 Å². The van der Waals surface area contributed by atoms with Gasteiger partial charge in [-0.1, -0.05) is 6.92 Å². The van der Waals surface area contributed by atoms with Crippen LogP contribution in [0.1, 0.15) is 33.1 Å². The lowest BCUT2D eigenvalue weighted by Crippen LogP contribution is -2.49. The summed E-state index contributed by atoms with van der Waals surface area (Å²) in [5.41, 5.74) is 1.35. The smallest absolute Gasteiger partial charge is 0.123 e. The van der Waals surface area contributed by atoms with E-state index in [4.69, 9.17) is 0 Å². The first-order valence-electron chi connectivity index (χ1n) is 6.94. The van der Waals surface area contributed by atoms with E-state index in [-0.39, 0.29) is 11.4 Å². The van der Waals surface area contributed by atoms with Crippen LogP contribution in [0.2, 0.25) is 0 Å². The van der Waals surface area contributed by atoms with E-state index in [0.717, 1.165) is 31.7 Å². The van der Waals surface area contributed by atoms with Gasteiger partial charge in [0.2, 0.25) is 0 Å². The molecule has 0 aliphatic carbocycles. The number of rotatable bonds is 5. The van der Waals surface area contributed by atoms with Gasteiger partial charge in [-0.3, -0.25) is 0 Å². The zero-order chi connectivity index (χ0) is 13.0. The van der Waals surface area contributed by atoms with Gasteiger partial charge in [-0.25, -0.2) is 4.39 Å². The van der Waals surface area contributed by atoms with Gasteiger partial charge in [0.1, 0.15) is 5.82 Å². The van der Waals surface area contributed by atoms with Gasteiger partial charge in [0.25, 0.3) is 0 Å². The topological polar surface area (TPSA) is 15.3 Å². The molecule has 1 fully saturated rings. The largest absolute Gasteiger partial charge is 0.370 e. The maximum Gasteiger partial charge on any atom is 0.123 e. The number of anilines is 1. The van der Waals surface area contributed by atoms with E-state index in [0.29, 0.717) is 0 Å². The van der Waals surface area contributed by atoms with Crippen molar-refractivity contribution in [2.75, 3.05) is 24.5 Å². The Kier molecular flexibility index (Phi) is 4.23. The molecule has 1 aromatic rings. The van der Waals surface area contributed by atoms with Crippen LogP contribution in [-0.2, 0) is 0 Å². The van der Waals surface area contributed by atoms with E-state index >= 15 is 0 Å². The van der Waals surface area contributed by atoms with E-state index in [9.17, 15) is 4.39 Å². The third kappa shape index (κ3) is 2.83. The van der Waals surface area contributed by atoms with Crippen molar-refractivity contribution in [3.05, 3.63) is 30.1 Å². The lowest BCUT2D eigenvalue weighted by molar-refractivity contribution is 0.363. The summed E-state index contributed by atoms with van der Waals surface area (Å²) in [5.74, 6) is -0.168. The molecule has 0 radical (unpaired) electrons. The second-order valence-electron chi connectivity index (χ2n) is 5.15. The van der Waals surface area contributed by atoms with Crippen LogP contribution < -0.4 is 10.2 Å². The number of likely N-dealkylation sites (N-methyl/N-ethyl adjacent to an activating group) is 1. The molecule has 1 aromatic carbocycles. The Morgan fingerprint density at radius 3 is 2.50 bits per heavy atom. The summed E-state index contributed by atoms with van der Waals surface area (Å²) in [6.07, 6.45) is 3.64. The number of halogens is 1. The lowest BCUT2D eigenvalue weighted by Gasteiger charge is -2.36. The SMILES string of the molecule is CCN(CC1(CC)CCCN1)c1ccc(F)cc1. The fraction of sp³-hybridized carbons (Fsp3) is 0.600. The average Bonchev–Trinajstić information content (AvgIpc) is 2.86. The molecule has 0 amide bonds. The molecule has 0 aromatic heterocycles. The van der Waals surface area contributed by atoms with Crippen LogP contribution in [0.15, 0.2) is 24.3 Å². The van der Waals surface area contributed by atoms with Gasteiger partial charge in [0.15, 0.2) is 0 Å². The van der Waals surface area contributed by atoms with Crippen LogP contribution >= 0.6 is 0 Å². The first-order chi connectivity index (χ1) is 8.69. The average molecular weight is 250 g/mol. The van der Waals surface area contributed by atoms with Crippen molar-refractivity contribution < 1.29 is 4.39 Å². The van der Waals surface area contributed by atoms with E-state index in [1.165, 1.54) is 12.8 Å². The number of hydrogen-bond donors (Lipinski definition) is 1. The monoisotopic (exact) mass is 250 g/mol. The Labute approximate surface area is 109 Å². The molecule has 1 saturated heterocycles. The lowest BCUT2D eigenvalue weighted by atomic mass is 9.93. The molecule has 1 unspecified atom stereocenters. The molecule has 1 atom stereocenters. The Balaban J connectivity index is 2.11. The van der Waals surface area contributed by atoms with Crippen LogP contribution in [0.4, 0.5) is 10.1 Å². The molecule has 0 saturated carbocycles. The number of hydrogen-bond acceptors (Lipinski definition) is 2. The fourth-order valence-corrected chi connectivity index (χ4v) is 2.82. The first-order valence-corrected chi connectivity index (χ1v) is 6.94. The third-order valence-corrected chi connectivity index (χ3v) is 4.08. The highest BCUT2D eigenvalue weighted by Gasteiger charge is 2.33. The molecular weight excluding hydrogens is 227 g/mol. The van der Waals surface area contributed by atoms with Crippen molar-refractivity contribution in [2.24, 2.45) is 0 Å². The molecule has 18 heavy (non-hydrogen) atoms. The van der Waals surface area contributed by atoms with Gasteiger partial charge in [-0.05, 0) is 57.0 Å². The van der Waals surface area contributed by atoms with E-state index in [1.807, 2.05) is 12.1 Å². The van der Waals surface area contributed by atoms with Crippen LogP contribution in [0.25, 0.3) is 0 Å². The predicted octanol–water partition coefficient (Wildman–Crippen LogP) is 3.18.